The van der Waals surface area contributed by atoms with Gasteiger partial charge in [-0.2, -0.15) is 0 Å². The quantitative estimate of drug-likeness (QED) is 0.576. The van der Waals surface area contributed by atoms with Crippen molar-refractivity contribution in [2.75, 3.05) is 40.3 Å². The highest BCUT2D eigenvalue weighted by Gasteiger charge is 2.26. The Labute approximate surface area is 150 Å². The van der Waals surface area contributed by atoms with Crippen LogP contribution in [0.1, 0.15) is 38.5 Å². The van der Waals surface area contributed by atoms with Crippen molar-refractivity contribution < 1.29 is 9.21 Å². The summed E-state index contributed by atoms with van der Waals surface area (Å²) < 4.78 is 5.54. The fraction of sp³-hybridized carbons (Fsp3) is 0.667. The molecule has 2 heterocycles. The van der Waals surface area contributed by atoms with Crippen molar-refractivity contribution in [1.29, 1.82) is 0 Å². The molecule has 2 atom stereocenters. The van der Waals surface area contributed by atoms with Gasteiger partial charge in [0.15, 0.2) is 5.96 Å². The van der Waals surface area contributed by atoms with Crippen molar-refractivity contribution in [2.45, 2.75) is 38.8 Å². The molecule has 1 aliphatic rings. The lowest BCUT2D eigenvalue weighted by atomic mass is 10.2. The molecule has 1 saturated heterocycles. The molecule has 0 spiro atoms. The fourth-order valence-electron chi connectivity index (χ4n) is 3.01. The van der Waals surface area contributed by atoms with Crippen LogP contribution in [0.15, 0.2) is 27.8 Å². The molecule has 0 saturated carbocycles. The summed E-state index contributed by atoms with van der Waals surface area (Å²) in [4.78, 5) is 20.6. The van der Waals surface area contributed by atoms with E-state index in [0.717, 1.165) is 37.8 Å². The van der Waals surface area contributed by atoms with Crippen LogP contribution in [-0.2, 0) is 4.79 Å². The van der Waals surface area contributed by atoms with Gasteiger partial charge in [-0.25, -0.2) is 0 Å². The average molecular weight is 349 g/mol. The molecule has 140 valence electrons. The van der Waals surface area contributed by atoms with E-state index in [1.807, 2.05) is 38.1 Å². The molecule has 0 radical (unpaired) electrons. The summed E-state index contributed by atoms with van der Waals surface area (Å²) in [6.07, 6.45) is 3.21. The molecule has 25 heavy (non-hydrogen) atoms. The monoisotopic (exact) mass is 349 g/mol. The van der Waals surface area contributed by atoms with Crippen molar-refractivity contribution in [1.82, 2.24) is 20.4 Å². The van der Waals surface area contributed by atoms with Crippen LogP contribution in [0, 0.1) is 0 Å². The minimum atomic E-state index is 0.0900. The number of rotatable bonds is 7. The molecule has 1 aliphatic heterocycles. The number of nitrogens with zero attached hydrogens (tertiary/aromatic N) is 3. The first-order valence-corrected chi connectivity index (χ1v) is 9.07. The Morgan fingerprint density at radius 1 is 1.48 bits per heavy atom. The van der Waals surface area contributed by atoms with Crippen LogP contribution in [0.3, 0.4) is 0 Å². The van der Waals surface area contributed by atoms with Crippen LogP contribution in [-0.4, -0.2) is 68.0 Å². The van der Waals surface area contributed by atoms with E-state index in [0.29, 0.717) is 13.0 Å². The number of furan rings is 1. The maximum atomic E-state index is 11.8. The zero-order valence-electron chi connectivity index (χ0n) is 15.8. The van der Waals surface area contributed by atoms with Crippen molar-refractivity contribution in [2.24, 2.45) is 4.99 Å². The largest absolute Gasteiger partial charge is 0.468 e. The minimum Gasteiger partial charge on any atom is -0.468 e. The number of aliphatic imine (C=N–C) groups is 1. The molecule has 7 nitrogen and oxygen atoms in total. The Morgan fingerprint density at radius 2 is 2.28 bits per heavy atom. The number of likely N-dealkylation sites (N-methyl/N-ethyl adjacent to an activating group) is 1. The Balaban J connectivity index is 1.97. The summed E-state index contributed by atoms with van der Waals surface area (Å²) in [5, 5.41) is 6.75. The average Bonchev–Trinajstić information content (AvgIpc) is 3.26. The van der Waals surface area contributed by atoms with Crippen LogP contribution in [0.2, 0.25) is 0 Å². The van der Waals surface area contributed by atoms with Crippen LogP contribution < -0.4 is 10.6 Å². The molecule has 1 fully saturated rings. The normalized spacial score (nSPS) is 19.3. The number of nitrogens with one attached hydrogen (secondary N) is 2. The Bertz CT molecular complexity index is 556. The van der Waals surface area contributed by atoms with Gasteiger partial charge in [0.1, 0.15) is 5.76 Å². The number of amides is 1. The molecule has 7 heteroatoms. The molecule has 2 N–H and O–H groups in total. The zero-order chi connectivity index (χ0) is 18.2. The first kappa shape index (κ1) is 19.3. The number of carbonyl (C=O) groups is 1. The van der Waals surface area contributed by atoms with E-state index in [9.17, 15) is 4.79 Å². The van der Waals surface area contributed by atoms with Gasteiger partial charge in [0.2, 0.25) is 5.91 Å². The third-order valence-corrected chi connectivity index (χ3v) is 4.45. The predicted octanol–water partition coefficient (Wildman–Crippen LogP) is 1.45. The van der Waals surface area contributed by atoms with Gasteiger partial charge < -0.3 is 20.0 Å². The number of likely N-dealkylation sites (tertiary alicyclic amines) is 1. The highest BCUT2D eigenvalue weighted by atomic mass is 16.3. The Morgan fingerprint density at radius 3 is 2.88 bits per heavy atom. The summed E-state index contributed by atoms with van der Waals surface area (Å²) in [6, 6.07) is 4.21. The molecule has 0 aliphatic carbocycles. The summed E-state index contributed by atoms with van der Waals surface area (Å²) in [6.45, 7) is 6.91. The summed E-state index contributed by atoms with van der Waals surface area (Å²) in [5.41, 5.74) is 0. The summed E-state index contributed by atoms with van der Waals surface area (Å²) in [5.74, 6) is 1.92. The van der Waals surface area contributed by atoms with Crippen LogP contribution in [0.25, 0.3) is 0 Å². The van der Waals surface area contributed by atoms with E-state index in [4.69, 9.17) is 9.41 Å². The molecule has 2 rings (SSSR count). The molecule has 1 aromatic rings. The second kappa shape index (κ2) is 9.46. The number of hydrogen-bond acceptors (Lipinski definition) is 4. The highest BCUT2D eigenvalue weighted by Crippen LogP contribution is 2.19. The highest BCUT2D eigenvalue weighted by molar-refractivity contribution is 5.80. The van der Waals surface area contributed by atoms with Crippen molar-refractivity contribution in [3.8, 4) is 0 Å². The second-order valence-corrected chi connectivity index (χ2v) is 6.54. The predicted molar refractivity (Wildman–Crippen MR) is 99.5 cm³/mol. The van der Waals surface area contributed by atoms with Gasteiger partial charge in [-0.05, 0) is 39.6 Å². The fourth-order valence-corrected chi connectivity index (χ4v) is 3.01. The van der Waals surface area contributed by atoms with E-state index in [-0.39, 0.29) is 18.0 Å². The van der Waals surface area contributed by atoms with Crippen molar-refractivity contribution in [3.63, 3.8) is 0 Å². The van der Waals surface area contributed by atoms with Crippen LogP contribution in [0.4, 0.5) is 0 Å². The Hall–Kier alpha value is -2.02. The van der Waals surface area contributed by atoms with Gasteiger partial charge in [-0.3, -0.25) is 14.7 Å². The SMILES string of the molecule is CCNC(=NCC(c1ccco1)N(C)C)NC1CCN(C(=O)CC)C1. The molecule has 1 amide bonds. The van der Waals surface area contributed by atoms with Gasteiger partial charge in [0, 0.05) is 32.1 Å². The van der Waals surface area contributed by atoms with Gasteiger partial charge in [0.25, 0.3) is 0 Å². The standard InChI is InChI=1S/C18H31N5O2/c1-5-17(24)23-10-9-14(13-23)21-18(19-6-2)20-12-15(22(3)4)16-8-7-11-25-16/h7-8,11,14-15H,5-6,9-10,12-13H2,1-4H3,(H2,19,20,21). The first-order valence-electron chi connectivity index (χ1n) is 9.07. The molecule has 2 unspecified atom stereocenters. The summed E-state index contributed by atoms with van der Waals surface area (Å²) in [7, 11) is 4.04. The lowest BCUT2D eigenvalue weighted by Gasteiger charge is -2.22. The van der Waals surface area contributed by atoms with Crippen LogP contribution >= 0.6 is 0 Å². The number of guanidine groups is 1. The van der Waals surface area contributed by atoms with Gasteiger partial charge in [-0.1, -0.05) is 6.92 Å². The Kier molecular flexibility index (Phi) is 7.31. The number of hydrogen-bond donors (Lipinski definition) is 2. The first-order chi connectivity index (χ1) is 12.0. The van der Waals surface area contributed by atoms with Crippen LogP contribution in [0.5, 0.6) is 0 Å². The van der Waals surface area contributed by atoms with Gasteiger partial charge in [-0.15, -0.1) is 0 Å². The third kappa shape index (κ3) is 5.49. The van der Waals surface area contributed by atoms with E-state index in [2.05, 4.69) is 22.5 Å². The molecular formula is C18H31N5O2. The summed E-state index contributed by atoms with van der Waals surface area (Å²) >= 11 is 0. The van der Waals surface area contributed by atoms with Crippen molar-refractivity contribution in [3.05, 3.63) is 24.2 Å². The van der Waals surface area contributed by atoms with E-state index in [1.165, 1.54) is 0 Å². The maximum Gasteiger partial charge on any atom is 0.222 e. The topological polar surface area (TPSA) is 73.1 Å². The second-order valence-electron chi connectivity index (χ2n) is 6.54. The third-order valence-electron chi connectivity index (χ3n) is 4.45. The smallest absolute Gasteiger partial charge is 0.222 e. The lowest BCUT2D eigenvalue weighted by molar-refractivity contribution is -0.129. The molecule has 0 aromatic carbocycles. The van der Waals surface area contributed by atoms with E-state index < -0.39 is 0 Å². The van der Waals surface area contributed by atoms with E-state index in [1.54, 1.807) is 6.26 Å². The number of carbonyl (C=O) groups excluding carboxylic acids is 1. The zero-order valence-corrected chi connectivity index (χ0v) is 15.8. The maximum absolute atomic E-state index is 11.8. The lowest BCUT2D eigenvalue weighted by Crippen LogP contribution is -2.45. The van der Waals surface area contributed by atoms with E-state index >= 15 is 0 Å². The molecule has 0 bridgehead atoms. The molecular weight excluding hydrogens is 318 g/mol. The van der Waals surface area contributed by atoms with Gasteiger partial charge in [0.05, 0.1) is 18.8 Å². The molecule has 1 aromatic heterocycles. The van der Waals surface area contributed by atoms with Crippen molar-refractivity contribution >= 4 is 11.9 Å². The van der Waals surface area contributed by atoms with Gasteiger partial charge >= 0.3 is 0 Å². The minimum absolute atomic E-state index is 0.0900.